The molecule has 1 aromatic heterocycles. The van der Waals surface area contributed by atoms with Gasteiger partial charge >= 0.3 is 0 Å². The summed E-state index contributed by atoms with van der Waals surface area (Å²) in [4.78, 5) is 23.7. The molecule has 0 saturated heterocycles. The van der Waals surface area contributed by atoms with E-state index in [1.807, 2.05) is 38.1 Å². The van der Waals surface area contributed by atoms with E-state index in [2.05, 4.69) is 15.8 Å². The molecule has 0 aliphatic heterocycles. The number of nitrogens with one attached hydrogen (secondary N) is 2. The molecule has 0 fully saturated rings. The highest BCUT2D eigenvalue weighted by Crippen LogP contribution is 2.13. The molecule has 0 aliphatic carbocycles. The molecular weight excluding hydrogens is 326 g/mol. The maximum absolute atomic E-state index is 11.9. The van der Waals surface area contributed by atoms with Crippen LogP contribution in [0.5, 0.6) is 0 Å². The molecule has 7 heteroatoms. The summed E-state index contributed by atoms with van der Waals surface area (Å²) < 4.78 is 4.87. The Bertz CT molecular complexity index is 697. The number of nitrogens with zero attached hydrogens (tertiary/aromatic N) is 1. The number of carbonyl (C=O) groups excluding carboxylic acids is 2. The Morgan fingerprint density at radius 2 is 1.83 bits per heavy atom. The standard InChI is InChI=1S/C17H21N3O3S/c1-11-4-6-14(7-5-11)13(3)18-16(21)9-24-10-17(22)19-15-8-12(2)23-20-15/h4-8,13H,9-10H2,1-3H3,(H,18,21)(H,19,20,22). The lowest BCUT2D eigenvalue weighted by molar-refractivity contribution is -0.119. The van der Waals surface area contributed by atoms with E-state index in [4.69, 9.17) is 4.52 Å². The SMILES string of the molecule is Cc1ccc(C(C)NC(=O)CSCC(=O)Nc2cc(C)on2)cc1. The quantitative estimate of drug-likeness (QED) is 0.804. The minimum absolute atomic E-state index is 0.0642. The van der Waals surface area contributed by atoms with Crippen molar-refractivity contribution >= 4 is 29.4 Å². The number of amides is 2. The average molecular weight is 347 g/mol. The highest BCUT2D eigenvalue weighted by molar-refractivity contribution is 8.00. The first-order valence-electron chi connectivity index (χ1n) is 7.61. The third-order valence-electron chi connectivity index (χ3n) is 3.32. The molecule has 1 aromatic carbocycles. The molecule has 2 amide bonds. The summed E-state index contributed by atoms with van der Waals surface area (Å²) in [5.41, 5.74) is 2.24. The fourth-order valence-corrected chi connectivity index (χ4v) is 2.69. The van der Waals surface area contributed by atoms with Crippen molar-refractivity contribution in [1.29, 1.82) is 0 Å². The third-order valence-corrected chi connectivity index (χ3v) is 4.25. The molecule has 0 saturated carbocycles. The van der Waals surface area contributed by atoms with Gasteiger partial charge in [0.05, 0.1) is 17.5 Å². The fraction of sp³-hybridized carbons (Fsp3) is 0.353. The molecule has 6 nitrogen and oxygen atoms in total. The maximum atomic E-state index is 11.9. The zero-order chi connectivity index (χ0) is 17.5. The second-order valence-corrected chi connectivity index (χ2v) is 6.55. The van der Waals surface area contributed by atoms with Gasteiger partial charge in [-0.1, -0.05) is 35.0 Å². The van der Waals surface area contributed by atoms with Crippen molar-refractivity contribution in [3.05, 3.63) is 47.2 Å². The summed E-state index contributed by atoms with van der Waals surface area (Å²) >= 11 is 1.25. The van der Waals surface area contributed by atoms with E-state index in [0.29, 0.717) is 11.6 Å². The lowest BCUT2D eigenvalue weighted by Crippen LogP contribution is -2.28. The summed E-state index contributed by atoms with van der Waals surface area (Å²) in [7, 11) is 0. The summed E-state index contributed by atoms with van der Waals surface area (Å²) in [6, 6.07) is 9.61. The summed E-state index contributed by atoms with van der Waals surface area (Å²) in [5.74, 6) is 1.10. The molecule has 128 valence electrons. The average Bonchev–Trinajstić information content (AvgIpc) is 2.92. The van der Waals surface area contributed by atoms with Crippen molar-refractivity contribution in [3.63, 3.8) is 0 Å². The Morgan fingerprint density at radius 1 is 1.17 bits per heavy atom. The molecular formula is C17H21N3O3S. The lowest BCUT2D eigenvalue weighted by atomic mass is 10.1. The Morgan fingerprint density at radius 3 is 2.46 bits per heavy atom. The van der Waals surface area contributed by atoms with Crippen LogP contribution in [0.4, 0.5) is 5.82 Å². The van der Waals surface area contributed by atoms with Crippen molar-refractivity contribution in [2.24, 2.45) is 0 Å². The Hall–Kier alpha value is -2.28. The molecule has 1 heterocycles. The van der Waals surface area contributed by atoms with Crippen molar-refractivity contribution < 1.29 is 14.1 Å². The van der Waals surface area contributed by atoms with E-state index in [1.54, 1.807) is 13.0 Å². The number of hydrogen-bond acceptors (Lipinski definition) is 5. The van der Waals surface area contributed by atoms with Crippen LogP contribution in [0.15, 0.2) is 34.9 Å². The number of hydrogen-bond donors (Lipinski definition) is 2. The van der Waals surface area contributed by atoms with Crippen molar-refractivity contribution in [3.8, 4) is 0 Å². The molecule has 2 aromatic rings. The van der Waals surface area contributed by atoms with Gasteiger partial charge in [0, 0.05) is 6.07 Å². The maximum Gasteiger partial charge on any atom is 0.235 e. The van der Waals surface area contributed by atoms with Crippen molar-refractivity contribution in [2.75, 3.05) is 16.8 Å². The van der Waals surface area contributed by atoms with Gasteiger partial charge in [0.1, 0.15) is 5.76 Å². The van der Waals surface area contributed by atoms with E-state index in [-0.39, 0.29) is 29.4 Å². The second kappa shape index (κ2) is 8.54. The first kappa shape index (κ1) is 18.1. The van der Waals surface area contributed by atoms with Crippen LogP contribution in [0.3, 0.4) is 0 Å². The first-order chi connectivity index (χ1) is 11.4. The Kier molecular flexibility index (Phi) is 6.43. The summed E-state index contributed by atoms with van der Waals surface area (Å²) in [6.45, 7) is 5.71. The van der Waals surface area contributed by atoms with Crippen molar-refractivity contribution in [1.82, 2.24) is 10.5 Å². The molecule has 0 radical (unpaired) electrons. The topological polar surface area (TPSA) is 84.2 Å². The van der Waals surface area contributed by atoms with Crippen LogP contribution < -0.4 is 10.6 Å². The van der Waals surface area contributed by atoms with E-state index < -0.39 is 0 Å². The normalized spacial score (nSPS) is 11.8. The lowest BCUT2D eigenvalue weighted by Gasteiger charge is -2.14. The monoisotopic (exact) mass is 347 g/mol. The van der Waals surface area contributed by atoms with Crippen LogP contribution in [0.1, 0.15) is 29.9 Å². The fourth-order valence-electron chi connectivity index (χ4n) is 2.06. The number of aromatic nitrogens is 1. The number of aryl methyl sites for hydroxylation is 2. The number of rotatable bonds is 7. The van der Waals surface area contributed by atoms with E-state index in [9.17, 15) is 9.59 Å². The minimum Gasteiger partial charge on any atom is -0.360 e. The number of benzene rings is 1. The molecule has 0 aliphatic rings. The first-order valence-corrected chi connectivity index (χ1v) is 8.76. The third kappa shape index (κ3) is 5.73. The molecule has 0 bridgehead atoms. The van der Waals surface area contributed by atoms with Gasteiger partial charge in [-0.2, -0.15) is 0 Å². The Balaban J connectivity index is 1.69. The predicted molar refractivity (Wildman–Crippen MR) is 94.9 cm³/mol. The van der Waals surface area contributed by atoms with Gasteiger partial charge in [-0.05, 0) is 26.3 Å². The molecule has 0 spiro atoms. The number of anilines is 1. The van der Waals surface area contributed by atoms with Crippen LogP contribution in [0.2, 0.25) is 0 Å². The van der Waals surface area contributed by atoms with Crippen LogP contribution in [0, 0.1) is 13.8 Å². The van der Waals surface area contributed by atoms with Gasteiger partial charge in [0.2, 0.25) is 11.8 Å². The highest BCUT2D eigenvalue weighted by Gasteiger charge is 2.11. The van der Waals surface area contributed by atoms with Crippen LogP contribution in [0.25, 0.3) is 0 Å². The predicted octanol–water partition coefficient (Wildman–Crippen LogP) is 2.84. The van der Waals surface area contributed by atoms with E-state index in [0.717, 1.165) is 5.56 Å². The summed E-state index contributed by atoms with van der Waals surface area (Å²) in [6.07, 6.45) is 0. The molecule has 1 atom stereocenters. The second-order valence-electron chi connectivity index (χ2n) is 5.56. The van der Waals surface area contributed by atoms with E-state index >= 15 is 0 Å². The summed E-state index contributed by atoms with van der Waals surface area (Å²) in [5, 5.41) is 9.22. The van der Waals surface area contributed by atoms with Crippen LogP contribution in [-0.4, -0.2) is 28.5 Å². The van der Waals surface area contributed by atoms with Crippen molar-refractivity contribution in [2.45, 2.75) is 26.8 Å². The van der Waals surface area contributed by atoms with Gasteiger partial charge in [-0.15, -0.1) is 11.8 Å². The molecule has 2 N–H and O–H groups in total. The zero-order valence-corrected chi connectivity index (χ0v) is 14.8. The van der Waals surface area contributed by atoms with E-state index in [1.165, 1.54) is 17.3 Å². The number of carbonyl (C=O) groups is 2. The van der Waals surface area contributed by atoms with Gasteiger partial charge in [-0.3, -0.25) is 9.59 Å². The van der Waals surface area contributed by atoms with Gasteiger partial charge in [0.25, 0.3) is 0 Å². The van der Waals surface area contributed by atoms with Gasteiger partial charge in [0.15, 0.2) is 5.82 Å². The van der Waals surface area contributed by atoms with Gasteiger partial charge < -0.3 is 15.2 Å². The van der Waals surface area contributed by atoms with Crippen LogP contribution >= 0.6 is 11.8 Å². The van der Waals surface area contributed by atoms with Gasteiger partial charge in [-0.25, -0.2) is 0 Å². The zero-order valence-electron chi connectivity index (χ0n) is 14.0. The van der Waals surface area contributed by atoms with Crippen LogP contribution in [-0.2, 0) is 9.59 Å². The highest BCUT2D eigenvalue weighted by atomic mass is 32.2. The largest absolute Gasteiger partial charge is 0.360 e. The smallest absolute Gasteiger partial charge is 0.235 e. The number of thioether (sulfide) groups is 1. The Labute approximate surface area is 145 Å². The molecule has 24 heavy (non-hydrogen) atoms. The minimum atomic E-state index is -0.215. The molecule has 2 rings (SSSR count). The molecule has 1 unspecified atom stereocenters.